The molecular formula is C23H27FN4O2. The molecule has 0 bridgehead atoms. The molecule has 0 spiro atoms. The van der Waals surface area contributed by atoms with E-state index in [1.807, 2.05) is 12.1 Å². The van der Waals surface area contributed by atoms with Crippen molar-refractivity contribution < 1.29 is 13.7 Å². The van der Waals surface area contributed by atoms with Gasteiger partial charge in [-0.2, -0.15) is 4.98 Å². The van der Waals surface area contributed by atoms with Crippen LogP contribution in [-0.4, -0.2) is 34.5 Å². The Morgan fingerprint density at radius 1 is 1.17 bits per heavy atom. The van der Waals surface area contributed by atoms with Crippen LogP contribution in [0.4, 0.5) is 4.39 Å². The van der Waals surface area contributed by atoms with Gasteiger partial charge in [-0.05, 0) is 55.4 Å². The maximum Gasteiger partial charge on any atom is 0.226 e. The molecule has 0 saturated carbocycles. The first kappa shape index (κ1) is 21.6. The van der Waals surface area contributed by atoms with Gasteiger partial charge >= 0.3 is 0 Å². The summed E-state index contributed by atoms with van der Waals surface area (Å²) in [4.78, 5) is 18.7. The molecule has 30 heavy (non-hydrogen) atoms. The Bertz CT molecular complexity index is 956. The van der Waals surface area contributed by atoms with Gasteiger partial charge in [0.25, 0.3) is 0 Å². The number of rotatable bonds is 10. The number of carbonyl (C=O) groups is 1. The standard InChI is InChI=1S/C23H27FN4O2/c1-3-28(2)16-18-7-4-6-17(14-18)15-25-21(29)8-5-9-22-26-23(27-30-22)19-10-12-20(24)13-11-19/h4,6-7,10-14H,3,5,8-9,15-16H2,1-2H3,(H,25,29). The highest BCUT2D eigenvalue weighted by Gasteiger charge is 2.10. The molecular weight excluding hydrogens is 383 g/mol. The summed E-state index contributed by atoms with van der Waals surface area (Å²) in [7, 11) is 2.08. The van der Waals surface area contributed by atoms with Crippen molar-refractivity contribution in [3.05, 3.63) is 71.4 Å². The highest BCUT2D eigenvalue weighted by Crippen LogP contribution is 2.17. The third-order valence-electron chi connectivity index (χ3n) is 4.84. The van der Waals surface area contributed by atoms with Crippen LogP contribution in [0.5, 0.6) is 0 Å². The van der Waals surface area contributed by atoms with Crippen molar-refractivity contribution in [2.45, 2.75) is 39.3 Å². The molecule has 2 aromatic carbocycles. The maximum absolute atomic E-state index is 13.0. The number of aryl methyl sites for hydroxylation is 1. The van der Waals surface area contributed by atoms with E-state index in [2.05, 4.69) is 46.5 Å². The van der Waals surface area contributed by atoms with E-state index in [-0.39, 0.29) is 11.7 Å². The van der Waals surface area contributed by atoms with Crippen LogP contribution in [0.3, 0.4) is 0 Å². The summed E-state index contributed by atoms with van der Waals surface area (Å²) in [6.45, 7) is 4.52. The van der Waals surface area contributed by atoms with E-state index in [1.54, 1.807) is 12.1 Å². The fraction of sp³-hybridized carbons (Fsp3) is 0.348. The SMILES string of the molecule is CCN(C)Cc1cccc(CNC(=O)CCCc2nc(-c3ccc(F)cc3)no2)c1. The Morgan fingerprint density at radius 3 is 2.70 bits per heavy atom. The zero-order valence-electron chi connectivity index (χ0n) is 17.4. The number of hydrogen-bond acceptors (Lipinski definition) is 5. The number of nitrogens with zero attached hydrogens (tertiary/aromatic N) is 3. The van der Waals surface area contributed by atoms with Crippen LogP contribution < -0.4 is 5.32 Å². The van der Waals surface area contributed by atoms with Crippen LogP contribution in [0.1, 0.15) is 36.8 Å². The molecule has 158 valence electrons. The number of carbonyl (C=O) groups excluding carboxylic acids is 1. The minimum atomic E-state index is -0.312. The van der Waals surface area contributed by atoms with Crippen LogP contribution in [0.2, 0.25) is 0 Å². The Labute approximate surface area is 176 Å². The molecule has 0 aliphatic rings. The molecule has 0 unspecified atom stereocenters. The predicted octanol–water partition coefficient (Wildman–Crippen LogP) is 3.97. The van der Waals surface area contributed by atoms with Gasteiger partial charge in [-0.25, -0.2) is 4.39 Å². The van der Waals surface area contributed by atoms with E-state index in [0.29, 0.717) is 43.1 Å². The van der Waals surface area contributed by atoms with Gasteiger partial charge in [0.05, 0.1) is 0 Å². The molecule has 1 amide bonds. The van der Waals surface area contributed by atoms with Gasteiger partial charge in [0.1, 0.15) is 5.82 Å². The lowest BCUT2D eigenvalue weighted by atomic mass is 10.1. The number of benzene rings is 2. The third kappa shape index (κ3) is 6.49. The maximum atomic E-state index is 13.0. The summed E-state index contributed by atoms with van der Waals surface area (Å²) in [5, 5.41) is 6.87. The highest BCUT2D eigenvalue weighted by atomic mass is 19.1. The summed E-state index contributed by atoms with van der Waals surface area (Å²) in [5.74, 6) is 0.566. The second kappa shape index (κ2) is 10.6. The summed E-state index contributed by atoms with van der Waals surface area (Å²) in [5.41, 5.74) is 3.02. The van der Waals surface area contributed by atoms with Crippen molar-refractivity contribution in [3.8, 4) is 11.4 Å². The van der Waals surface area contributed by atoms with Crippen LogP contribution in [0.15, 0.2) is 53.1 Å². The van der Waals surface area contributed by atoms with E-state index in [0.717, 1.165) is 18.7 Å². The first-order valence-corrected chi connectivity index (χ1v) is 10.1. The molecule has 7 heteroatoms. The summed E-state index contributed by atoms with van der Waals surface area (Å²) in [6.07, 6.45) is 1.51. The fourth-order valence-corrected chi connectivity index (χ4v) is 3.02. The van der Waals surface area contributed by atoms with Crippen LogP contribution >= 0.6 is 0 Å². The Balaban J connectivity index is 1.41. The number of amides is 1. The number of aromatic nitrogens is 2. The minimum absolute atomic E-state index is 0.00986. The molecule has 1 aromatic heterocycles. The van der Waals surface area contributed by atoms with Crippen LogP contribution in [0.25, 0.3) is 11.4 Å². The first-order valence-electron chi connectivity index (χ1n) is 10.1. The highest BCUT2D eigenvalue weighted by molar-refractivity contribution is 5.75. The molecule has 0 aliphatic carbocycles. The molecule has 1 N–H and O–H groups in total. The monoisotopic (exact) mass is 410 g/mol. The quantitative estimate of drug-likeness (QED) is 0.548. The second-order valence-corrected chi connectivity index (χ2v) is 7.30. The third-order valence-corrected chi connectivity index (χ3v) is 4.84. The Kier molecular flexibility index (Phi) is 7.68. The van der Waals surface area contributed by atoms with Crippen molar-refractivity contribution in [2.75, 3.05) is 13.6 Å². The van der Waals surface area contributed by atoms with E-state index >= 15 is 0 Å². The average molecular weight is 410 g/mol. The molecule has 3 rings (SSSR count). The molecule has 0 atom stereocenters. The van der Waals surface area contributed by atoms with E-state index < -0.39 is 0 Å². The summed E-state index contributed by atoms with van der Waals surface area (Å²) in [6, 6.07) is 14.2. The largest absolute Gasteiger partial charge is 0.352 e. The molecule has 6 nitrogen and oxygen atoms in total. The lowest BCUT2D eigenvalue weighted by molar-refractivity contribution is -0.121. The van der Waals surface area contributed by atoms with E-state index in [4.69, 9.17) is 4.52 Å². The van der Waals surface area contributed by atoms with Crippen molar-refractivity contribution in [1.82, 2.24) is 20.4 Å². The average Bonchev–Trinajstić information content (AvgIpc) is 3.22. The minimum Gasteiger partial charge on any atom is -0.352 e. The van der Waals surface area contributed by atoms with Crippen LogP contribution in [-0.2, 0) is 24.3 Å². The zero-order chi connectivity index (χ0) is 21.3. The van der Waals surface area contributed by atoms with Gasteiger partial charge in [0.2, 0.25) is 17.6 Å². The summed E-state index contributed by atoms with van der Waals surface area (Å²) >= 11 is 0. The molecule has 1 heterocycles. The van der Waals surface area contributed by atoms with Crippen LogP contribution in [0, 0.1) is 5.82 Å². The molecule has 0 saturated heterocycles. The lowest BCUT2D eigenvalue weighted by Gasteiger charge is -2.14. The van der Waals surface area contributed by atoms with Gasteiger partial charge in [-0.15, -0.1) is 0 Å². The van der Waals surface area contributed by atoms with Crippen molar-refractivity contribution in [1.29, 1.82) is 0 Å². The molecule has 0 fully saturated rings. The van der Waals surface area contributed by atoms with Gasteiger partial charge in [0, 0.05) is 31.5 Å². The second-order valence-electron chi connectivity index (χ2n) is 7.30. The van der Waals surface area contributed by atoms with Gasteiger partial charge in [-0.3, -0.25) is 4.79 Å². The van der Waals surface area contributed by atoms with Gasteiger partial charge in [-0.1, -0.05) is 36.3 Å². The zero-order valence-corrected chi connectivity index (χ0v) is 17.4. The Hall–Kier alpha value is -3.06. The number of nitrogens with one attached hydrogen (secondary N) is 1. The smallest absolute Gasteiger partial charge is 0.226 e. The number of hydrogen-bond donors (Lipinski definition) is 1. The van der Waals surface area contributed by atoms with Crippen molar-refractivity contribution >= 4 is 5.91 Å². The van der Waals surface area contributed by atoms with Gasteiger partial charge in [0.15, 0.2) is 0 Å². The molecule has 0 aliphatic heterocycles. The fourth-order valence-electron chi connectivity index (χ4n) is 3.02. The van der Waals surface area contributed by atoms with Crippen molar-refractivity contribution in [3.63, 3.8) is 0 Å². The van der Waals surface area contributed by atoms with E-state index in [9.17, 15) is 9.18 Å². The first-order chi connectivity index (χ1) is 14.5. The molecule has 0 radical (unpaired) electrons. The van der Waals surface area contributed by atoms with Gasteiger partial charge < -0.3 is 14.7 Å². The van der Waals surface area contributed by atoms with Crippen molar-refractivity contribution in [2.24, 2.45) is 0 Å². The Morgan fingerprint density at radius 2 is 1.93 bits per heavy atom. The molecule has 3 aromatic rings. The number of halogens is 1. The summed E-state index contributed by atoms with van der Waals surface area (Å²) < 4.78 is 18.2. The van der Waals surface area contributed by atoms with E-state index in [1.165, 1.54) is 17.7 Å². The predicted molar refractivity (Wildman–Crippen MR) is 113 cm³/mol. The normalized spacial score (nSPS) is 11.1. The lowest BCUT2D eigenvalue weighted by Crippen LogP contribution is -2.22. The topological polar surface area (TPSA) is 71.3 Å².